The highest BCUT2D eigenvalue weighted by Crippen LogP contribution is 2.45. The third-order valence-electron chi connectivity index (χ3n) is 11.8. The number of benzene rings is 10. The number of rotatable bonds is 8. The van der Waals surface area contributed by atoms with Crippen LogP contribution in [0.5, 0.6) is 0 Å². The summed E-state index contributed by atoms with van der Waals surface area (Å²) in [5.74, 6) is 0. The Labute approximate surface area is 350 Å². The maximum atomic E-state index is 2.45. The lowest BCUT2D eigenvalue weighted by atomic mass is 9.90. The van der Waals surface area contributed by atoms with Crippen LogP contribution in [0.15, 0.2) is 243 Å². The summed E-state index contributed by atoms with van der Waals surface area (Å²) >= 11 is 0. The molecule has 10 aromatic carbocycles. The highest BCUT2D eigenvalue weighted by molar-refractivity contribution is 6.11. The molecule has 11 aromatic rings. The average molecular weight is 765 g/mol. The molecule has 0 aliphatic heterocycles. The molecule has 0 radical (unpaired) electrons. The van der Waals surface area contributed by atoms with Crippen molar-refractivity contribution in [1.82, 2.24) is 4.57 Å². The molecule has 282 valence electrons. The summed E-state index contributed by atoms with van der Waals surface area (Å²) in [6.07, 6.45) is 0. The van der Waals surface area contributed by atoms with Crippen molar-refractivity contribution in [3.05, 3.63) is 243 Å². The Hall–Kier alpha value is -7.94. The number of para-hydroxylation sites is 2. The zero-order chi connectivity index (χ0) is 39.8. The molecule has 0 saturated heterocycles. The van der Waals surface area contributed by atoms with Crippen molar-refractivity contribution < 1.29 is 0 Å². The molecule has 1 aromatic heterocycles. The van der Waals surface area contributed by atoms with E-state index in [0.29, 0.717) is 0 Å². The quantitative estimate of drug-likeness (QED) is 0.150. The van der Waals surface area contributed by atoms with E-state index in [1.54, 1.807) is 0 Å². The second-order valence-electron chi connectivity index (χ2n) is 15.3. The van der Waals surface area contributed by atoms with Crippen LogP contribution >= 0.6 is 0 Å². The first-order valence-corrected chi connectivity index (χ1v) is 20.6. The van der Waals surface area contributed by atoms with Gasteiger partial charge in [0.2, 0.25) is 0 Å². The third-order valence-corrected chi connectivity index (χ3v) is 11.8. The molecule has 0 atom stereocenters. The SMILES string of the molecule is c1ccc(-c2ccc(N(c3ccc(-c4cccc5ccccc45)c(-c4ccccc4)c3)c3ccc4c5ccccc5n(-c5ccccc5-c5ccccc5)c4c3)cc2)cc1. The predicted octanol–water partition coefficient (Wildman–Crippen LogP) is 16.1. The third kappa shape index (κ3) is 6.23. The molecule has 2 heteroatoms. The molecule has 0 unspecified atom stereocenters. The summed E-state index contributed by atoms with van der Waals surface area (Å²) in [6.45, 7) is 0. The van der Waals surface area contributed by atoms with Crippen LogP contribution in [0.2, 0.25) is 0 Å². The highest BCUT2D eigenvalue weighted by atomic mass is 15.1. The zero-order valence-electron chi connectivity index (χ0n) is 33.0. The van der Waals surface area contributed by atoms with Crippen molar-refractivity contribution in [2.45, 2.75) is 0 Å². The van der Waals surface area contributed by atoms with Crippen molar-refractivity contribution in [2.24, 2.45) is 0 Å². The lowest BCUT2D eigenvalue weighted by Gasteiger charge is -2.27. The lowest BCUT2D eigenvalue weighted by Crippen LogP contribution is -2.10. The minimum absolute atomic E-state index is 1.08. The maximum absolute atomic E-state index is 2.45. The highest BCUT2D eigenvalue weighted by Gasteiger charge is 2.21. The number of fused-ring (bicyclic) bond motifs is 4. The molecule has 0 N–H and O–H groups in total. The van der Waals surface area contributed by atoms with E-state index in [1.807, 2.05) is 0 Å². The first-order chi connectivity index (χ1) is 29.8. The van der Waals surface area contributed by atoms with Gasteiger partial charge in [-0.3, -0.25) is 0 Å². The van der Waals surface area contributed by atoms with Crippen molar-refractivity contribution in [3.8, 4) is 50.2 Å². The predicted molar refractivity (Wildman–Crippen MR) is 255 cm³/mol. The van der Waals surface area contributed by atoms with E-state index in [9.17, 15) is 0 Å². The fourth-order valence-corrected chi connectivity index (χ4v) is 8.99. The van der Waals surface area contributed by atoms with Gasteiger partial charge in [-0.25, -0.2) is 0 Å². The molecule has 1 heterocycles. The topological polar surface area (TPSA) is 8.17 Å². The molecule has 0 spiro atoms. The summed E-state index contributed by atoms with van der Waals surface area (Å²) < 4.78 is 2.45. The van der Waals surface area contributed by atoms with Gasteiger partial charge in [-0.05, 0) is 98.2 Å². The van der Waals surface area contributed by atoms with Gasteiger partial charge >= 0.3 is 0 Å². The maximum Gasteiger partial charge on any atom is 0.0562 e. The second-order valence-corrected chi connectivity index (χ2v) is 15.3. The zero-order valence-corrected chi connectivity index (χ0v) is 33.0. The Morgan fingerprint density at radius 1 is 0.267 bits per heavy atom. The van der Waals surface area contributed by atoms with E-state index in [0.717, 1.165) is 28.3 Å². The Morgan fingerprint density at radius 3 is 1.55 bits per heavy atom. The van der Waals surface area contributed by atoms with Crippen molar-refractivity contribution >= 4 is 49.6 Å². The second kappa shape index (κ2) is 15.1. The van der Waals surface area contributed by atoms with Crippen LogP contribution in [-0.2, 0) is 0 Å². The first kappa shape index (κ1) is 35.2. The molecule has 0 aliphatic carbocycles. The molecule has 11 rings (SSSR count). The van der Waals surface area contributed by atoms with Crippen LogP contribution in [-0.4, -0.2) is 4.57 Å². The van der Waals surface area contributed by atoms with Gasteiger partial charge in [-0.2, -0.15) is 0 Å². The minimum atomic E-state index is 1.08. The van der Waals surface area contributed by atoms with Crippen LogP contribution in [0, 0.1) is 0 Å². The Morgan fingerprint density at radius 2 is 0.783 bits per heavy atom. The molecule has 0 amide bonds. The van der Waals surface area contributed by atoms with E-state index in [2.05, 4.69) is 252 Å². The van der Waals surface area contributed by atoms with Crippen molar-refractivity contribution in [2.75, 3.05) is 4.90 Å². The van der Waals surface area contributed by atoms with E-state index in [-0.39, 0.29) is 0 Å². The van der Waals surface area contributed by atoms with Crippen LogP contribution in [0.3, 0.4) is 0 Å². The lowest BCUT2D eigenvalue weighted by molar-refractivity contribution is 1.18. The number of nitrogens with zero attached hydrogens (tertiary/aromatic N) is 2. The number of anilines is 3. The van der Waals surface area contributed by atoms with Crippen LogP contribution in [0.25, 0.3) is 82.8 Å². The smallest absolute Gasteiger partial charge is 0.0562 e. The summed E-state index contributed by atoms with van der Waals surface area (Å²) in [4.78, 5) is 2.42. The molecule has 0 aliphatic rings. The van der Waals surface area contributed by atoms with Crippen LogP contribution in [0.1, 0.15) is 0 Å². The molecule has 0 saturated carbocycles. The minimum Gasteiger partial charge on any atom is -0.310 e. The monoisotopic (exact) mass is 764 g/mol. The van der Waals surface area contributed by atoms with E-state index >= 15 is 0 Å². The molecule has 2 nitrogen and oxygen atoms in total. The van der Waals surface area contributed by atoms with Gasteiger partial charge in [-0.15, -0.1) is 0 Å². The Kier molecular flexibility index (Phi) is 8.87. The van der Waals surface area contributed by atoms with Gasteiger partial charge in [0.1, 0.15) is 0 Å². The number of hydrogen-bond donors (Lipinski definition) is 0. The number of aromatic nitrogens is 1. The largest absolute Gasteiger partial charge is 0.310 e. The average Bonchev–Trinajstić information content (AvgIpc) is 3.66. The van der Waals surface area contributed by atoms with Gasteiger partial charge in [0.05, 0.1) is 16.7 Å². The summed E-state index contributed by atoms with van der Waals surface area (Å²) in [5.41, 5.74) is 16.3. The summed E-state index contributed by atoms with van der Waals surface area (Å²) in [6, 6.07) is 87.9. The van der Waals surface area contributed by atoms with E-state index in [4.69, 9.17) is 0 Å². The van der Waals surface area contributed by atoms with Gasteiger partial charge in [0.25, 0.3) is 0 Å². The molecule has 0 fully saturated rings. The first-order valence-electron chi connectivity index (χ1n) is 20.6. The van der Waals surface area contributed by atoms with Gasteiger partial charge in [-0.1, -0.05) is 194 Å². The van der Waals surface area contributed by atoms with Crippen LogP contribution < -0.4 is 4.90 Å². The van der Waals surface area contributed by atoms with Gasteiger partial charge in [0, 0.05) is 33.4 Å². The Balaban J connectivity index is 1.15. The fraction of sp³-hybridized carbons (Fsp3) is 0. The summed E-state index contributed by atoms with van der Waals surface area (Å²) in [7, 11) is 0. The molecular weight excluding hydrogens is 725 g/mol. The van der Waals surface area contributed by atoms with E-state index < -0.39 is 0 Å². The number of hydrogen-bond acceptors (Lipinski definition) is 1. The fourth-order valence-electron chi connectivity index (χ4n) is 8.99. The van der Waals surface area contributed by atoms with Crippen molar-refractivity contribution in [1.29, 1.82) is 0 Å². The van der Waals surface area contributed by atoms with Crippen LogP contribution in [0.4, 0.5) is 17.1 Å². The van der Waals surface area contributed by atoms with Gasteiger partial charge < -0.3 is 9.47 Å². The molecule has 0 bridgehead atoms. The van der Waals surface area contributed by atoms with E-state index in [1.165, 1.54) is 71.6 Å². The molecule has 60 heavy (non-hydrogen) atoms. The molecular formula is C58H40N2. The summed E-state index contributed by atoms with van der Waals surface area (Å²) in [5, 5.41) is 4.92. The Bertz CT molecular complexity index is 3290. The van der Waals surface area contributed by atoms with Crippen molar-refractivity contribution in [3.63, 3.8) is 0 Å². The normalized spacial score (nSPS) is 11.3. The van der Waals surface area contributed by atoms with Gasteiger partial charge in [0.15, 0.2) is 0 Å². The standard InChI is InChI=1S/C58H40N2/c1-4-17-41(18-5-1)42-31-33-46(34-32-42)59(47-35-37-52(55(39-47)45-21-8-3-9-22-45)51-28-16-24-43-23-10-11-25-49(43)51)48-36-38-54-53-27-13-15-30-57(53)60(58(54)40-48)56-29-14-12-26-50(56)44-19-6-2-7-20-44/h1-40H.